The van der Waals surface area contributed by atoms with Crippen molar-refractivity contribution in [2.45, 2.75) is 18.6 Å². The Morgan fingerprint density at radius 3 is 2.95 bits per heavy atom. The van der Waals surface area contributed by atoms with Crippen LogP contribution in [-0.4, -0.2) is 38.9 Å². The SMILES string of the molecule is CC(=O)SC1CC(=O)N(c2c(C(=O)O)sc3ncccc23)C1. The van der Waals surface area contributed by atoms with Gasteiger partial charge in [-0.1, -0.05) is 11.8 Å². The maximum absolute atomic E-state index is 12.3. The van der Waals surface area contributed by atoms with E-state index in [1.54, 1.807) is 18.3 Å². The minimum Gasteiger partial charge on any atom is -0.477 e. The molecule has 1 atom stereocenters. The van der Waals surface area contributed by atoms with E-state index in [0.717, 1.165) is 23.1 Å². The van der Waals surface area contributed by atoms with Crippen molar-refractivity contribution in [1.82, 2.24) is 4.98 Å². The lowest BCUT2D eigenvalue weighted by molar-refractivity contribution is -0.117. The molecule has 0 aliphatic carbocycles. The van der Waals surface area contributed by atoms with Crippen LogP contribution in [0, 0.1) is 0 Å². The van der Waals surface area contributed by atoms with Gasteiger partial charge in [0.15, 0.2) is 5.12 Å². The Morgan fingerprint density at radius 1 is 1.50 bits per heavy atom. The molecule has 1 unspecified atom stereocenters. The molecule has 6 nitrogen and oxygen atoms in total. The van der Waals surface area contributed by atoms with Gasteiger partial charge in [0.05, 0.1) is 5.69 Å². The van der Waals surface area contributed by atoms with Crippen LogP contribution in [0.15, 0.2) is 18.3 Å². The highest BCUT2D eigenvalue weighted by molar-refractivity contribution is 8.14. The Kier molecular flexibility index (Phi) is 3.88. The van der Waals surface area contributed by atoms with Gasteiger partial charge in [-0.05, 0) is 12.1 Å². The maximum Gasteiger partial charge on any atom is 0.348 e. The number of hydrogen-bond acceptors (Lipinski definition) is 6. The number of carboxylic acids is 1. The van der Waals surface area contributed by atoms with Gasteiger partial charge in [-0.25, -0.2) is 9.78 Å². The van der Waals surface area contributed by atoms with Crippen molar-refractivity contribution in [2.24, 2.45) is 0 Å². The molecule has 3 heterocycles. The van der Waals surface area contributed by atoms with Crippen LogP contribution in [0.5, 0.6) is 0 Å². The van der Waals surface area contributed by atoms with Crippen LogP contribution in [0.1, 0.15) is 23.0 Å². The maximum atomic E-state index is 12.3. The zero-order valence-corrected chi connectivity index (χ0v) is 13.2. The highest BCUT2D eigenvalue weighted by Crippen LogP contribution is 2.40. The van der Waals surface area contributed by atoms with Crippen LogP contribution in [0.4, 0.5) is 5.69 Å². The van der Waals surface area contributed by atoms with E-state index in [9.17, 15) is 19.5 Å². The normalized spacial score (nSPS) is 18.1. The standard InChI is InChI=1S/C14H12N2O4S2/c1-7(17)21-8-5-10(18)16(6-8)11-9-3-2-4-15-13(9)22-12(11)14(19)20/h2-4,8H,5-6H2,1H3,(H,19,20). The van der Waals surface area contributed by atoms with E-state index >= 15 is 0 Å². The molecule has 1 fully saturated rings. The van der Waals surface area contributed by atoms with Crippen LogP contribution in [0.3, 0.4) is 0 Å². The number of amides is 1. The Morgan fingerprint density at radius 2 is 2.27 bits per heavy atom. The fourth-order valence-electron chi connectivity index (χ4n) is 2.54. The Hall–Kier alpha value is -1.93. The molecule has 1 aliphatic heterocycles. The van der Waals surface area contributed by atoms with E-state index < -0.39 is 5.97 Å². The van der Waals surface area contributed by atoms with Crippen LogP contribution in [0.2, 0.25) is 0 Å². The van der Waals surface area contributed by atoms with Crippen molar-refractivity contribution in [2.75, 3.05) is 11.4 Å². The van der Waals surface area contributed by atoms with Crippen molar-refractivity contribution in [3.8, 4) is 0 Å². The average Bonchev–Trinajstić information content (AvgIpc) is 2.98. The van der Waals surface area contributed by atoms with Gasteiger partial charge < -0.3 is 10.0 Å². The molecular formula is C14H12N2O4S2. The van der Waals surface area contributed by atoms with Crippen LogP contribution >= 0.6 is 23.1 Å². The molecule has 2 aromatic heterocycles. The minimum absolute atomic E-state index is 0.0463. The first-order chi connectivity index (χ1) is 10.5. The van der Waals surface area contributed by atoms with Crippen LogP contribution in [0.25, 0.3) is 10.2 Å². The molecule has 0 spiro atoms. The fourth-order valence-corrected chi connectivity index (χ4v) is 4.44. The lowest BCUT2D eigenvalue weighted by atomic mass is 10.2. The van der Waals surface area contributed by atoms with Gasteiger partial charge in [-0.2, -0.15) is 0 Å². The summed E-state index contributed by atoms with van der Waals surface area (Å²) in [5.74, 6) is -1.24. The van der Waals surface area contributed by atoms with Gasteiger partial charge in [-0.3, -0.25) is 9.59 Å². The molecule has 0 bridgehead atoms. The zero-order chi connectivity index (χ0) is 15.9. The predicted molar refractivity (Wildman–Crippen MR) is 85.6 cm³/mol. The lowest BCUT2D eigenvalue weighted by Crippen LogP contribution is -2.26. The van der Waals surface area contributed by atoms with E-state index in [1.807, 2.05) is 0 Å². The van der Waals surface area contributed by atoms with Gasteiger partial charge in [-0.15, -0.1) is 11.3 Å². The van der Waals surface area contributed by atoms with Crippen LogP contribution < -0.4 is 4.90 Å². The zero-order valence-electron chi connectivity index (χ0n) is 11.6. The monoisotopic (exact) mass is 336 g/mol. The second-order valence-electron chi connectivity index (χ2n) is 4.88. The van der Waals surface area contributed by atoms with Crippen molar-refractivity contribution in [3.63, 3.8) is 0 Å². The number of pyridine rings is 1. The second kappa shape index (κ2) is 5.69. The molecule has 0 saturated carbocycles. The number of thiophene rings is 1. The Balaban J connectivity index is 2.06. The molecule has 1 amide bonds. The summed E-state index contributed by atoms with van der Waals surface area (Å²) in [7, 11) is 0. The summed E-state index contributed by atoms with van der Waals surface area (Å²) >= 11 is 2.18. The molecule has 2 aromatic rings. The third kappa shape index (κ3) is 2.59. The first-order valence-corrected chi connectivity index (χ1v) is 8.25. The molecule has 0 radical (unpaired) electrons. The highest BCUT2D eigenvalue weighted by Gasteiger charge is 2.36. The number of rotatable bonds is 3. The number of hydrogen-bond donors (Lipinski definition) is 1. The number of aromatic nitrogens is 1. The largest absolute Gasteiger partial charge is 0.477 e. The number of anilines is 1. The van der Waals surface area contributed by atoms with E-state index in [4.69, 9.17) is 0 Å². The number of carbonyl (C=O) groups excluding carboxylic acids is 2. The fraction of sp³-hybridized carbons (Fsp3) is 0.286. The molecule has 1 aliphatic rings. The topological polar surface area (TPSA) is 87.6 Å². The van der Waals surface area contributed by atoms with Crippen molar-refractivity contribution >= 4 is 56.0 Å². The smallest absolute Gasteiger partial charge is 0.348 e. The van der Waals surface area contributed by atoms with Gasteiger partial charge in [0.2, 0.25) is 5.91 Å². The molecule has 114 valence electrons. The Bertz CT molecular complexity index is 786. The molecule has 1 N–H and O–H groups in total. The molecule has 22 heavy (non-hydrogen) atoms. The summed E-state index contributed by atoms with van der Waals surface area (Å²) in [5.41, 5.74) is 0.400. The summed E-state index contributed by atoms with van der Waals surface area (Å²) in [6.07, 6.45) is 1.83. The minimum atomic E-state index is -1.08. The van der Waals surface area contributed by atoms with E-state index in [-0.39, 0.29) is 27.6 Å². The highest BCUT2D eigenvalue weighted by atomic mass is 32.2. The van der Waals surface area contributed by atoms with Crippen molar-refractivity contribution in [1.29, 1.82) is 0 Å². The third-order valence-corrected chi connectivity index (χ3v) is 5.40. The van der Waals surface area contributed by atoms with E-state index in [0.29, 0.717) is 22.4 Å². The number of carboxylic acid groups (broad SMARTS) is 1. The summed E-state index contributed by atoms with van der Waals surface area (Å²) < 4.78 is 0. The predicted octanol–water partition coefficient (Wildman–Crippen LogP) is 2.38. The lowest BCUT2D eigenvalue weighted by Gasteiger charge is -2.16. The van der Waals surface area contributed by atoms with Gasteiger partial charge >= 0.3 is 5.97 Å². The molecule has 1 saturated heterocycles. The summed E-state index contributed by atoms with van der Waals surface area (Å²) in [6, 6.07) is 3.48. The third-order valence-electron chi connectivity index (χ3n) is 3.33. The molecular weight excluding hydrogens is 324 g/mol. The Labute approximate surface area is 134 Å². The number of thioether (sulfide) groups is 1. The summed E-state index contributed by atoms with van der Waals surface area (Å²) in [6.45, 7) is 1.80. The second-order valence-corrected chi connectivity index (χ2v) is 7.36. The van der Waals surface area contributed by atoms with Gasteiger partial charge in [0, 0.05) is 36.7 Å². The quantitative estimate of drug-likeness (QED) is 0.926. The number of aromatic carboxylic acids is 1. The van der Waals surface area contributed by atoms with Gasteiger partial charge in [0.25, 0.3) is 0 Å². The first-order valence-electron chi connectivity index (χ1n) is 6.55. The van der Waals surface area contributed by atoms with E-state index in [1.165, 1.54) is 11.8 Å². The number of nitrogens with zero attached hydrogens (tertiary/aromatic N) is 2. The van der Waals surface area contributed by atoms with Crippen LogP contribution in [-0.2, 0) is 9.59 Å². The average molecular weight is 336 g/mol. The first kappa shape index (κ1) is 15.0. The van der Waals surface area contributed by atoms with E-state index in [2.05, 4.69) is 4.98 Å². The van der Waals surface area contributed by atoms with Crippen molar-refractivity contribution in [3.05, 3.63) is 23.2 Å². The summed E-state index contributed by atoms with van der Waals surface area (Å²) in [5, 5.41) is 9.88. The molecule has 8 heteroatoms. The molecule has 3 rings (SSSR count). The molecule has 0 aromatic carbocycles. The van der Waals surface area contributed by atoms with Crippen molar-refractivity contribution < 1.29 is 19.5 Å². The van der Waals surface area contributed by atoms with Gasteiger partial charge in [0.1, 0.15) is 9.71 Å². The number of fused-ring (bicyclic) bond motifs is 1. The summed E-state index contributed by atoms with van der Waals surface area (Å²) in [4.78, 5) is 41.3. The number of carbonyl (C=O) groups is 3.